The summed E-state index contributed by atoms with van der Waals surface area (Å²) in [7, 11) is 0.562. The van der Waals surface area contributed by atoms with E-state index < -0.39 is 71.7 Å². The molecule has 0 radical (unpaired) electrons. The molecule has 14 heteroatoms. The van der Waals surface area contributed by atoms with E-state index in [-0.39, 0.29) is 75.4 Å². The molecule has 7 rings (SSSR count). The number of rotatable bonds is 8. The number of aliphatic hydroxyl groups is 1. The fraction of sp³-hybridized carbons (Fsp3) is 0.432. The Kier molecular flexibility index (Phi) is 10.1. The molecule has 0 bridgehead atoms. The zero-order valence-electron chi connectivity index (χ0n) is 34.4. The van der Waals surface area contributed by atoms with Crippen LogP contribution >= 0.6 is 0 Å². The molecule has 306 valence electrons. The second-order valence-electron chi connectivity index (χ2n) is 18.2. The van der Waals surface area contributed by atoms with E-state index in [1.807, 2.05) is 69.1 Å². The van der Waals surface area contributed by atoms with Crippen molar-refractivity contribution >= 4 is 48.9 Å². The first-order chi connectivity index (χ1) is 27.1. The first-order valence-electron chi connectivity index (χ1n) is 19.3. The van der Waals surface area contributed by atoms with E-state index in [1.54, 1.807) is 34.9 Å². The molecule has 12 nitrogen and oxygen atoms in total. The topological polar surface area (TPSA) is 155 Å². The molecule has 4 atom stereocenters. The number of halogens is 1. The van der Waals surface area contributed by atoms with E-state index in [2.05, 4.69) is 5.16 Å². The minimum absolute atomic E-state index is 0.00131. The Morgan fingerprint density at radius 2 is 1.72 bits per heavy atom. The van der Waals surface area contributed by atoms with Crippen molar-refractivity contribution in [3.8, 4) is 11.6 Å². The largest absolute Gasteiger partial charge is 0.514 e. The van der Waals surface area contributed by atoms with Crippen LogP contribution in [-0.4, -0.2) is 72.8 Å². The molecule has 1 heterocycles. The Morgan fingerprint density at radius 3 is 2.34 bits per heavy atom. The number of carbonyl (C=O) groups is 4. The van der Waals surface area contributed by atoms with E-state index in [1.165, 1.54) is 18.2 Å². The smallest absolute Gasteiger partial charge is 0.507 e. The van der Waals surface area contributed by atoms with Crippen molar-refractivity contribution in [2.24, 2.45) is 11.8 Å². The van der Waals surface area contributed by atoms with Gasteiger partial charge in [-0.2, -0.15) is 0 Å². The maximum Gasteiger partial charge on any atom is 0.514 e. The first-order valence-corrected chi connectivity index (χ1v) is 22.2. The molecule has 1 aromatic heterocycles. The Balaban J connectivity index is 1.47. The molecular weight excluding hydrogens is 764 g/mol. The van der Waals surface area contributed by atoms with Crippen molar-refractivity contribution < 1.29 is 51.8 Å². The number of aldehydes is 1. The molecule has 0 aliphatic heterocycles. The van der Waals surface area contributed by atoms with Crippen LogP contribution in [-0.2, 0) is 27.0 Å². The second kappa shape index (κ2) is 14.3. The Hall–Kier alpha value is -5.18. The number of nitrogens with zero attached hydrogens (tertiary/aromatic N) is 2. The van der Waals surface area contributed by atoms with Crippen LogP contribution < -0.4 is 9.47 Å². The third-order valence-corrected chi connectivity index (χ3v) is 16.4. The lowest BCUT2D eigenvalue weighted by Gasteiger charge is -2.55. The molecule has 0 spiro atoms. The maximum absolute atomic E-state index is 16.8. The summed E-state index contributed by atoms with van der Waals surface area (Å²) in [5.74, 6) is -4.71. The lowest BCUT2D eigenvalue weighted by Crippen LogP contribution is -2.68. The molecule has 3 aliphatic carbocycles. The highest BCUT2D eigenvalue weighted by Gasteiger charge is 2.69. The van der Waals surface area contributed by atoms with Gasteiger partial charge in [0.2, 0.25) is 11.6 Å². The minimum Gasteiger partial charge on any atom is -0.507 e. The summed E-state index contributed by atoms with van der Waals surface area (Å²) >= 11 is 0. The van der Waals surface area contributed by atoms with Gasteiger partial charge in [-0.05, 0) is 88.5 Å². The van der Waals surface area contributed by atoms with E-state index in [0.29, 0.717) is 6.29 Å². The quantitative estimate of drug-likeness (QED) is 0.0594. The zero-order chi connectivity index (χ0) is 42.3. The Bertz CT molecular complexity index is 2390. The molecule has 0 unspecified atom stereocenters. The van der Waals surface area contributed by atoms with Gasteiger partial charge >= 0.3 is 6.16 Å². The number of fused-ring (bicyclic) bond motifs is 5. The second-order valence-corrected chi connectivity index (χ2v) is 22.9. The first kappa shape index (κ1) is 41.0. The van der Waals surface area contributed by atoms with Crippen molar-refractivity contribution in [1.29, 1.82) is 0 Å². The summed E-state index contributed by atoms with van der Waals surface area (Å²) in [5.41, 5.74) is -2.65. The summed E-state index contributed by atoms with van der Waals surface area (Å²) in [5, 5.41) is 16.2. The van der Waals surface area contributed by atoms with Crippen molar-refractivity contribution in [2.75, 3.05) is 14.1 Å². The van der Waals surface area contributed by atoms with Gasteiger partial charge in [0.15, 0.2) is 25.4 Å². The molecule has 58 heavy (non-hydrogen) atoms. The molecule has 1 fully saturated rings. The van der Waals surface area contributed by atoms with Gasteiger partial charge < -0.3 is 28.3 Å². The monoisotopic (exact) mass is 812 g/mol. The number of ether oxygens (including phenoxy) is 3. The van der Waals surface area contributed by atoms with Crippen LogP contribution in [0.25, 0.3) is 16.5 Å². The fourth-order valence-electron chi connectivity index (χ4n) is 8.30. The molecule has 1 N–H and O–H groups in total. The molecule has 0 amide bonds. The predicted molar refractivity (Wildman–Crippen MR) is 215 cm³/mol. The van der Waals surface area contributed by atoms with E-state index in [9.17, 15) is 14.7 Å². The standard InChI is InChI=1S/C44H49FN2O10Si/c1-42(2,3)55-41(52)54-36-27-18-24(21-48)16-17-26(27)33(45)28-19-25-20-29-34(47(7)8)37-32(40(46-56-37)53-22-23-14-12-11-13-15-23)39(51)44(29,57-58(9,10)43(4,5)6)38(50)30(25)35(49)31(28)36/h11-18,21,25,29,34,49H,19-20,22H2,1-10H3/t25-,29-,34-,44-/m0/s1. The van der Waals surface area contributed by atoms with Gasteiger partial charge in [0, 0.05) is 33.4 Å². The van der Waals surface area contributed by atoms with Crippen LogP contribution in [0.2, 0.25) is 18.1 Å². The number of benzene rings is 3. The van der Waals surface area contributed by atoms with Gasteiger partial charge in [0.1, 0.15) is 35.6 Å². The van der Waals surface area contributed by atoms with Crippen molar-refractivity contribution in [3.05, 3.63) is 93.5 Å². The normalized spacial score (nSPS) is 22.0. The molecule has 3 aliphatic rings. The summed E-state index contributed by atoms with van der Waals surface area (Å²) in [6.07, 6.45) is -0.594. The van der Waals surface area contributed by atoms with Crippen LogP contribution in [0.15, 0.2) is 58.6 Å². The summed E-state index contributed by atoms with van der Waals surface area (Å²) in [6.45, 7) is 14.8. The molecule has 4 aromatic rings. The highest BCUT2D eigenvalue weighted by atomic mass is 28.4. The number of hydrogen-bond donors (Lipinski definition) is 1. The molecular formula is C44H49FN2O10Si. The average Bonchev–Trinajstić information content (AvgIpc) is 3.55. The SMILES string of the molecule is CN(C)[C@@H]1c2onc(OCc3ccccc3)c2C(=O)[C@@]2(O[Si](C)(C)C(C)(C)C)C(=O)C3=C(O)c4c(c(F)c5ccc(C=O)cc5c4OC(=O)OC(C)(C)C)C[C@H]3C[C@@H]12. The van der Waals surface area contributed by atoms with Crippen LogP contribution in [0.5, 0.6) is 11.6 Å². The summed E-state index contributed by atoms with van der Waals surface area (Å²) < 4.78 is 47.3. The zero-order valence-corrected chi connectivity index (χ0v) is 35.4. The van der Waals surface area contributed by atoms with Crippen molar-refractivity contribution in [2.45, 2.75) is 96.4 Å². The highest BCUT2D eigenvalue weighted by Crippen LogP contribution is 2.59. The van der Waals surface area contributed by atoms with Crippen LogP contribution in [0.3, 0.4) is 0 Å². The Labute approximate surface area is 337 Å². The van der Waals surface area contributed by atoms with E-state index in [4.69, 9.17) is 23.2 Å². The number of aromatic nitrogens is 1. The van der Waals surface area contributed by atoms with Crippen molar-refractivity contribution in [3.63, 3.8) is 0 Å². The highest BCUT2D eigenvalue weighted by molar-refractivity contribution is 6.74. The summed E-state index contributed by atoms with van der Waals surface area (Å²) in [4.78, 5) is 58.3. The van der Waals surface area contributed by atoms with Gasteiger partial charge in [0.05, 0.1) is 11.6 Å². The van der Waals surface area contributed by atoms with Gasteiger partial charge in [-0.15, -0.1) is 0 Å². The third kappa shape index (κ3) is 6.64. The molecule has 1 saturated carbocycles. The van der Waals surface area contributed by atoms with E-state index in [0.717, 1.165) is 5.56 Å². The molecule has 3 aromatic carbocycles. The summed E-state index contributed by atoms with van der Waals surface area (Å²) in [6, 6.07) is 12.8. The van der Waals surface area contributed by atoms with E-state index >= 15 is 14.0 Å². The third-order valence-electron chi connectivity index (χ3n) is 11.9. The number of Topliss-reactive ketones (excluding diaryl/α,β-unsaturated/α-hetero) is 2. The van der Waals surface area contributed by atoms with Crippen LogP contribution in [0, 0.1) is 17.7 Å². The Morgan fingerprint density at radius 1 is 1.03 bits per heavy atom. The van der Waals surface area contributed by atoms with Gasteiger partial charge in [-0.1, -0.05) is 63.2 Å². The van der Waals surface area contributed by atoms with Gasteiger partial charge in [-0.3, -0.25) is 19.3 Å². The lowest BCUT2D eigenvalue weighted by molar-refractivity contribution is -0.140. The number of hydrogen-bond acceptors (Lipinski definition) is 12. The lowest BCUT2D eigenvalue weighted by atomic mass is 9.57. The number of ketones is 2. The number of aliphatic hydroxyl groups excluding tert-OH is 1. The predicted octanol–water partition coefficient (Wildman–Crippen LogP) is 8.96. The maximum atomic E-state index is 16.8. The van der Waals surface area contributed by atoms with Gasteiger partial charge in [-0.25, -0.2) is 9.18 Å². The average molecular weight is 813 g/mol. The number of carbonyl (C=O) groups excluding carboxylic acids is 4. The molecule has 0 saturated heterocycles. The fourth-order valence-corrected chi connectivity index (χ4v) is 9.75. The van der Waals surface area contributed by atoms with Crippen LogP contribution in [0.4, 0.5) is 9.18 Å². The van der Waals surface area contributed by atoms with Crippen molar-refractivity contribution in [1.82, 2.24) is 10.1 Å². The van der Waals surface area contributed by atoms with Crippen LogP contribution in [0.1, 0.15) is 97.2 Å². The minimum atomic E-state index is -3.04. The van der Waals surface area contributed by atoms with Gasteiger partial charge in [0.25, 0.3) is 5.88 Å².